The molecule has 4 nitrogen and oxygen atoms in total. The van der Waals surface area contributed by atoms with E-state index >= 15 is 0 Å². The zero-order chi connectivity index (χ0) is 11.7. The van der Waals surface area contributed by atoms with Crippen LogP contribution in [0.5, 0.6) is 0 Å². The van der Waals surface area contributed by atoms with Gasteiger partial charge in [0.25, 0.3) is 0 Å². The van der Waals surface area contributed by atoms with Gasteiger partial charge in [0.05, 0.1) is 11.4 Å². The number of rotatable bonds is 2. The number of carbonyl (C=O) groups is 1. The van der Waals surface area contributed by atoms with Crippen LogP contribution in [0.4, 0.5) is 5.82 Å². The lowest BCUT2D eigenvalue weighted by Gasteiger charge is -2.09. The molecule has 1 aliphatic heterocycles. The number of hydrogen-bond acceptors (Lipinski definition) is 3. The Labute approximate surface area is 103 Å². The van der Waals surface area contributed by atoms with E-state index in [1.807, 2.05) is 28.8 Å². The summed E-state index contributed by atoms with van der Waals surface area (Å²) >= 11 is 1.74. The Morgan fingerprint density at radius 1 is 1.53 bits per heavy atom. The van der Waals surface area contributed by atoms with Crippen LogP contribution >= 0.6 is 11.8 Å². The number of nitrogens with one attached hydrogen (secondary N) is 1. The topological polar surface area (TPSA) is 46.4 Å². The van der Waals surface area contributed by atoms with Gasteiger partial charge in [-0.25, -0.2) is 4.98 Å². The van der Waals surface area contributed by atoms with Crippen molar-refractivity contribution in [3.63, 3.8) is 0 Å². The summed E-state index contributed by atoms with van der Waals surface area (Å²) in [5, 5.41) is 3.05. The van der Waals surface area contributed by atoms with E-state index in [1.165, 1.54) is 0 Å². The van der Waals surface area contributed by atoms with E-state index in [-0.39, 0.29) is 11.2 Å². The van der Waals surface area contributed by atoms with E-state index in [0.717, 1.165) is 30.1 Å². The number of thioether (sulfide) groups is 1. The number of hydrogen-bond donors (Lipinski definition) is 1. The molecule has 1 saturated heterocycles. The largest absolute Gasteiger partial charge is 0.310 e. The zero-order valence-electron chi connectivity index (χ0n) is 9.30. The monoisotopic (exact) mass is 247 g/mol. The van der Waals surface area contributed by atoms with Gasteiger partial charge in [-0.15, -0.1) is 11.8 Å². The molecular formula is C12H13N3OS. The number of pyridine rings is 1. The number of carbonyl (C=O) groups excluding carboxylic acids is 1. The van der Waals surface area contributed by atoms with E-state index in [9.17, 15) is 4.79 Å². The van der Waals surface area contributed by atoms with Crippen molar-refractivity contribution >= 4 is 29.1 Å². The standard InChI is InChI=1S/C12H13N3OS/c16-12(9-4-3-7-17-9)14-11-8-13-10-5-1-2-6-15(10)11/h1-2,5-6,8-9H,3-4,7H2,(H,14,16). The zero-order valence-corrected chi connectivity index (χ0v) is 10.1. The molecule has 0 radical (unpaired) electrons. The summed E-state index contributed by atoms with van der Waals surface area (Å²) in [7, 11) is 0. The first kappa shape index (κ1) is 10.7. The highest BCUT2D eigenvalue weighted by atomic mass is 32.2. The fourth-order valence-corrected chi connectivity index (χ4v) is 3.18. The van der Waals surface area contributed by atoms with Crippen LogP contribution in [0.1, 0.15) is 12.8 Å². The molecule has 3 heterocycles. The Morgan fingerprint density at radius 2 is 2.47 bits per heavy atom. The molecule has 1 aliphatic rings. The average molecular weight is 247 g/mol. The number of fused-ring (bicyclic) bond motifs is 1. The van der Waals surface area contributed by atoms with Gasteiger partial charge in [-0.3, -0.25) is 9.20 Å². The summed E-state index contributed by atoms with van der Waals surface area (Å²) in [4.78, 5) is 16.2. The maximum Gasteiger partial charge on any atom is 0.238 e. The molecular weight excluding hydrogens is 234 g/mol. The summed E-state index contributed by atoms with van der Waals surface area (Å²) in [5.74, 6) is 1.93. The molecule has 1 amide bonds. The minimum atomic E-state index is 0.0955. The third-order valence-electron chi connectivity index (χ3n) is 2.89. The van der Waals surface area contributed by atoms with Gasteiger partial charge >= 0.3 is 0 Å². The molecule has 1 fully saturated rings. The first-order valence-electron chi connectivity index (χ1n) is 5.69. The normalized spacial score (nSPS) is 19.6. The van der Waals surface area contributed by atoms with Crippen LogP contribution in [0.15, 0.2) is 30.6 Å². The predicted octanol–water partition coefficient (Wildman–Crippen LogP) is 2.17. The Morgan fingerprint density at radius 3 is 3.29 bits per heavy atom. The third-order valence-corrected chi connectivity index (χ3v) is 4.27. The van der Waals surface area contributed by atoms with Crippen molar-refractivity contribution in [1.82, 2.24) is 9.38 Å². The first-order valence-corrected chi connectivity index (χ1v) is 6.74. The molecule has 1 N–H and O–H groups in total. The lowest BCUT2D eigenvalue weighted by Crippen LogP contribution is -2.23. The van der Waals surface area contributed by atoms with Crippen LogP contribution in [-0.4, -0.2) is 26.3 Å². The summed E-state index contributed by atoms with van der Waals surface area (Å²) in [6.07, 6.45) is 5.72. The molecule has 88 valence electrons. The molecule has 5 heteroatoms. The van der Waals surface area contributed by atoms with E-state index in [0.29, 0.717) is 0 Å². The van der Waals surface area contributed by atoms with Gasteiger partial charge in [0.1, 0.15) is 11.5 Å². The van der Waals surface area contributed by atoms with Crippen LogP contribution in [0, 0.1) is 0 Å². The Kier molecular flexibility index (Phi) is 2.76. The fraction of sp³-hybridized carbons (Fsp3) is 0.333. The van der Waals surface area contributed by atoms with Crippen molar-refractivity contribution in [1.29, 1.82) is 0 Å². The molecule has 17 heavy (non-hydrogen) atoms. The maximum absolute atomic E-state index is 12.0. The summed E-state index contributed by atoms with van der Waals surface area (Å²) in [6, 6.07) is 5.77. The molecule has 0 saturated carbocycles. The minimum Gasteiger partial charge on any atom is -0.310 e. The quantitative estimate of drug-likeness (QED) is 0.884. The molecule has 0 bridgehead atoms. The van der Waals surface area contributed by atoms with Crippen molar-refractivity contribution in [3.8, 4) is 0 Å². The number of aromatic nitrogens is 2. The molecule has 2 aromatic heterocycles. The van der Waals surface area contributed by atoms with Crippen LogP contribution in [0.3, 0.4) is 0 Å². The van der Waals surface area contributed by atoms with Crippen LogP contribution in [-0.2, 0) is 4.79 Å². The van der Waals surface area contributed by atoms with Gasteiger partial charge in [-0.1, -0.05) is 6.07 Å². The first-order chi connectivity index (χ1) is 8.34. The average Bonchev–Trinajstić information content (AvgIpc) is 2.98. The smallest absolute Gasteiger partial charge is 0.238 e. The molecule has 1 unspecified atom stereocenters. The van der Waals surface area contributed by atoms with E-state index in [2.05, 4.69) is 10.3 Å². The van der Waals surface area contributed by atoms with Gasteiger partial charge in [0.15, 0.2) is 0 Å². The van der Waals surface area contributed by atoms with E-state index in [4.69, 9.17) is 0 Å². The number of nitrogens with zero attached hydrogens (tertiary/aromatic N) is 2. The molecule has 0 aromatic carbocycles. The van der Waals surface area contributed by atoms with Gasteiger partial charge < -0.3 is 5.32 Å². The van der Waals surface area contributed by atoms with Crippen molar-refractivity contribution in [2.24, 2.45) is 0 Å². The van der Waals surface area contributed by atoms with Gasteiger partial charge in [0.2, 0.25) is 5.91 Å². The lowest BCUT2D eigenvalue weighted by atomic mass is 10.2. The summed E-state index contributed by atoms with van der Waals surface area (Å²) < 4.78 is 1.89. The summed E-state index contributed by atoms with van der Waals surface area (Å²) in [5.41, 5.74) is 0.849. The Bertz CT molecular complexity index is 545. The minimum absolute atomic E-state index is 0.0955. The molecule has 0 spiro atoms. The second-order valence-electron chi connectivity index (χ2n) is 4.06. The Balaban J connectivity index is 1.82. The van der Waals surface area contributed by atoms with Crippen LogP contribution < -0.4 is 5.32 Å². The van der Waals surface area contributed by atoms with Gasteiger partial charge in [-0.05, 0) is 30.7 Å². The second-order valence-corrected chi connectivity index (χ2v) is 5.37. The lowest BCUT2D eigenvalue weighted by molar-refractivity contribution is -0.115. The summed E-state index contributed by atoms with van der Waals surface area (Å²) in [6.45, 7) is 0. The SMILES string of the molecule is O=C(Nc1cnc2ccccn12)C1CCCS1. The number of amides is 1. The van der Waals surface area contributed by atoms with Crippen molar-refractivity contribution in [3.05, 3.63) is 30.6 Å². The number of anilines is 1. The second kappa shape index (κ2) is 4.41. The van der Waals surface area contributed by atoms with Gasteiger partial charge in [0, 0.05) is 6.20 Å². The van der Waals surface area contributed by atoms with Crippen molar-refractivity contribution in [2.45, 2.75) is 18.1 Å². The highest BCUT2D eigenvalue weighted by Gasteiger charge is 2.23. The van der Waals surface area contributed by atoms with Crippen LogP contribution in [0.25, 0.3) is 5.65 Å². The highest BCUT2D eigenvalue weighted by molar-refractivity contribution is 8.00. The number of imidazole rings is 1. The highest BCUT2D eigenvalue weighted by Crippen LogP contribution is 2.27. The van der Waals surface area contributed by atoms with Crippen molar-refractivity contribution < 1.29 is 4.79 Å². The van der Waals surface area contributed by atoms with Crippen LogP contribution in [0.2, 0.25) is 0 Å². The molecule has 1 atom stereocenters. The maximum atomic E-state index is 12.0. The van der Waals surface area contributed by atoms with Crippen molar-refractivity contribution in [2.75, 3.05) is 11.1 Å². The molecule has 3 rings (SSSR count). The molecule has 2 aromatic rings. The molecule has 0 aliphatic carbocycles. The fourth-order valence-electron chi connectivity index (χ4n) is 2.02. The van der Waals surface area contributed by atoms with E-state index in [1.54, 1.807) is 18.0 Å². The predicted molar refractivity (Wildman–Crippen MR) is 69.3 cm³/mol. The van der Waals surface area contributed by atoms with E-state index < -0.39 is 0 Å². The van der Waals surface area contributed by atoms with Gasteiger partial charge in [-0.2, -0.15) is 0 Å². The Hall–Kier alpha value is -1.49. The third kappa shape index (κ3) is 2.02.